The van der Waals surface area contributed by atoms with Crippen LogP contribution in [0.25, 0.3) is 16.9 Å². The van der Waals surface area contributed by atoms with Gasteiger partial charge in [0.2, 0.25) is 0 Å². The Labute approximate surface area is 287 Å². The van der Waals surface area contributed by atoms with Crippen LogP contribution < -0.4 is 20.6 Å². The van der Waals surface area contributed by atoms with Crippen molar-refractivity contribution in [3.8, 4) is 22.7 Å². The zero-order chi connectivity index (χ0) is 33.6. The lowest BCUT2D eigenvalue weighted by atomic mass is 10.1. The van der Waals surface area contributed by atoms with Gasteiger partial charge in [0.05, 0.1) is 31.1 Å². The molecule has 4 aromatic rings. The summed E-state index contributed by atoms with van der Waals surface area (Å²) in [5.41, 5.74) is 3.96. The molecule has 258 valence electrons. The minimum atomic E-state index is -0.675. The molecule has 0 saturated carbocycles. The van der Waals surface area contributed by atoms with Gasteiger partial charge in [-0.2, -0.15) is 0 Å². The quantitative estimate of drug-likeness (QED) is 0.266. The van der Waals surface area contributed by atoms with Crippen LogP contribution in [0.1, 0.15) is 35.3 Å². The number of rotatable bonds is 10. The highest BCUT2D eigenvalue weighted by molar-refractivity contribution is 5.99. The number of imidazole rings is 1. The van der Waals surface area contributed by atoms with Gasteiger partial charge in [0.15, 0.2) is 0 Å². The van der Waals surface area contributed by atoms with Crippen LogP contribution in [-0.2, 0) is 11.3 Å². The molecule has 1 aromatic heterocycles. The van der Waals surface area contributed by atoms with Gasteiger partial charge in [0.1, 0.15) is 24.3 Å². The first-order valence-corrected chi connectivity index (χ1v) is 17.5. The Kier molecular flexibility index (Phi) is 10.4. The van der Waals surface area contributed by atoms with Crippen LogP contribution in [-0.4, -0.2) is 108 Å². The van der Waals surface area contributed by atoms with Crippen molar-refractivity contribution in [2.75, 3.05) is 77.1 Å². The highest BCUT2D eigenvalue weighted by atomic mass is 16.5. The van der Waals surface area contributed by atoms with E-state index in [9.17, 15) is 14.7 Å². The van der Waals surface area contributed by atoms with Gasteiger partial charge in [-0.25, -0.2) is 4.79 Å². The molecule has 1 atom stereocenters. The average molecular weight is 667 g/mol. The third kappa shape index (κ3) is 7.45. The smallest absolute Gasteiger partial charge is 0.334 e. The number of nitrogens with zero attached hydrogens (tertiary/aromatic N) is 5. The Balaban J connectivity index is 1.29. The summed E-state index contributed by atoms with van der Waals surface area (Å²) in [5.74, 6) is 0.440. The van der Waals surface area contributed by atoms with Crippen molar-refractivity contribution in [3.05, 3.63) is 101 Å². The lowest BCUT2D eigenvalue weighted by molar-refractivity contribution is -0.0365. The Morgan fingerprint density at radius 2 is 1.57 bits per heavy atom. The molecule has 0 radical (unpaired) electrons. The van der Waals surface area contributed by atoms with E-state index < -0.39 is 6.23 Å². The van der Waals surface area contributed by atoms with Gasteiger partial charge < -0.3 is 29.7 Å². The van der Waals surface area contributed by atoms with Crippen molar-refractivity contribution in [1.82, 2.24) is 24.3 Å². The Morgan fingerprint density at radius 1 is 0.837 bits per heavy atom. The van der Waals surface area contributed by atoms with Crippen molar-refractivity contribution in [3.63, 3.8) is 0 Å². The number of piperazine rings is 1. The Hall–Kier alpha value is -4.42. The number of aromatic nitrogens is 2. The summed E-state index contributed by atoms with van der Waals surface area (Å²) < 4.78 is 15.0. The van der Waals surface area contributed by atoms with E-state index >= 15 is 0 Å². The monoisotopic (exact) mass is 666 g/mol. The zero-order valence-corrected chi connectivity index (χ0v) is 28.0. The van der Waals surface area contributed by atoms with Crippen molar-refractivity contribution >= 4 is 11.6 Å². The molecule has 3 saturated heterocycles. The summed E-state index contributed by atoms with van der Waals surface area (Å²) in [4.78, 5) is 35.5. The van der Waals surface area contributed by atoms with Crippen LogP contribution in [0.15, 0.2) is 83.7 Å². The van der Waals surface area contributed by atoms with Crippen LogP contribution in [0.2, 0.25) is 0 Å². The third-order valence-electron chi connectivity index (χ3n) is 9.71. The first-order chi connectivity index (χ1) is 24.1. The van der Waals surface area contributed by atoms with Gasteiger partial charge in [-0.3, -0.25) is 18.8 Å². The number of likely N-dealkylation sites (tertiary alicyclic amines) is 1. The summed E-state index contributed by atoms with van der Waals surface area (Å²) in [6.07, 6.45) is 2.68. The second-order valence-electron chi connectivity index (χ2n) is 13.0. The molecule has 1 unspecified atom stereocenters. The normalized spacial score (nSPS) is 18.0. The number of benzene rings is 3. The molecule has 3 aliphatic heterocycles. The van der Waals surface area contributed by atoms with E-state index in [4.69, 9.17) is 9.47 Å². The molecular weight excluding hydrogens is 620 g/mol. The molecule has 3 aliphatic rings. The molecule has 0 bridgehead atoms. The fourth-order valence-corrected chi connectivity index (χ4v) is 7.09. The Morgan fingerprint density at radius 3 is 2.35 bits per heavy atom. The lowest BCUT2D eigenvalue weighted by Crippen LogP contribution is -2.47. The largest absolute Gasteiger partial charge is 0.489 e. The molecule has 11 heteroatoms. The second kappa shape index (κ2) is 15.4. The van der Waals surface area contributed by atoms with Crippen LogP contribution >= 0.6 is 0 Å². The SMILES string of the molecule is O=C(c1c(-c2ccccc2)n(-c2cccc(N3CCOCC3)c2)c(=O)n1Cc1cccc(OCC(O)N2CCCCC2)c1)N1CCNCC1. The summed E-state index contributed by atoms with van der Waals surface area (Å²) in [7, 11) is 0. The molecule has 7 rings (SSSR count). The number of morpholine rings is 1. The molecule has 3 aromatic carbocycles. The van der Waals surface area contributed by atoms with Crippen LogP contribution in [0.4, 0.5) is 5.69 Å². The number of aliphatic hydroxyl groups excluding tert-OH is 1. The van der Waals surface area contributed by atoms with Gasteiger partial charge >= 0.3 is 5.69 Å². The van der Waals surface area contributed by atoms with E-state index in [2.05, 4.69) is 21.2 Å². The molecule has 4 heterocycles. The number of anilines is 1. The summed E-state index contributed by atoms with van der Waals surface area (Å²) >= 11 is 0. The predicted molar refractivity (Wildman–Crippen MR) is 190 cm³/mol. The van der Waals surface area contributed by atoms with E-state index in [0.717, 1.165) is 55.8 Å². The lowest BCUT2D eigenvalue weighted by Gasteiger charge is -2.30. The van der Waals surface area contributed by atoms with Gasteiger partial charge in [0, 0.05) is 63.6 Å². The summed E-state index contributed by atoms with van der Waals surface area (Å²) in [6, 6.07) is 25.3. The first kappa shape index (κ1) is 33.1. The fraction of sp³-hybridized carbons (Fsp3) is 0.421. The van der Waals surface area contributed by atoms with Crippen LogP contribution in [0.5, 0.6) is 5.75 Å². The van der Waals surface area contributed by atoms with Gasteiger partial charge in [-0.05, 0) is 48.7 Å². The van der Waals surface area contributed by atoms with Crippen LogP contribution in [0.3, 0.4) is 0 Å². The summed E-state index contributed by atoms with van der Waals surface area (Å²) in [5, 5.41) is 14.1. The zero-order valence-electron chi connectivity index (χ0n) is 28.0. The standard InChI is InChI=1S/C38H46N6O5/c45-34(41-17-5-2-6-18-41)28-49-33-14-7-9-29(25-33)27-43-36(37(46)42-19-15-39-16-20-42)35(30-10-3-1-4-11-30)44(38(43)47)32-13-8-12-31(26-32)40-21-23-48-24-22-40/h1,3-4,7-14,25-26,34,39,45H,2,5-6,15-24,27-28H2. The van der Waals surface area contributed by atoms with Crippen molar-refractivity contribution < 1.29 is 19.4 Å². The van der Waals surface area contributed by atoms with Crippen molar-refractivity contribution in [2.24, 2.45) is 0 Å². The topological polar surface area (TPSA) is 104 Å². The number of carbonyl (C=O) groups excluding carboxylic acids is 1. The van der Waals surface area contributed by atoms with Gasteiger partial charge in [0.25, 0.3) is 5.91 Å². The van der Waals surface area contributed by atoms with E-state index in [-0.39, 0.29) is 24.7 Å². The average Bonchev–Trinajstić information content (AvgIpc) is 3.46. The molecule has 11 nitrogen and oxygen atoms in total. The van der Waals surface area contributed by atoms with E-state index in [0.29, 0.717) is 62.2 Å². The number of nitrogens with one attached hydrogen (secondary N) is 1. The van der Waals surface area contributed by atoms with Crippen molar-refractivity contribution in [2.45, 2.75) is 32.0 Å². The van der Waals surface area contributed by atoms with Crippen molar-refractivity contribution in [1.29, 1.82) is 0 Å². The maximum atomic E-state index is 14.8. The number of hydrogen-bond acceptors (Lipinski definition) is 8. The summed E-state index contributed by atoms with van der Waals surface area (Å²) in [6.45, 7) is 7.42. The first-order valence-electron chi connectivity index (χ1n) is 17.5. The molecule has 3 fully saturated rings. The van der Waals surface area contributed by atoms with Gasteiger partial charge in [-0.15, -0.1) is 0 Å². The molecule has 2 N–H and O–H groups in total. The second-order valence-corrected chi connectivity index (χ2v) is 13.0. The van der Waals surface area contributed by atoms with E-state index in [1.165, 1.54) is 6.42 Å². The van der Waals surface area contributed by atoms with Crippen LogP contribution in [0, 0.1) is 0 Å². The van der Waals surface area contributed by atoms with E-state index in [1.807, 2.05) is 77.7 Å². The fourth-order valence-electron chi connectivity index (χ4n) is 7.09. The third-order valence-corrected chi connectivity index (χ3v) is 9.71. The number of carbonyl (C=O) groups is 1. The maximum absolute atomic E-state index is 14.8. The minimum Gasteiger partial charge on any atom is -0.489 e. The predicted octanol–water partition coefficient (Wildman–Crippen LogP) is 3.42. The number of aliphatic hydroxyl groups is 1. The van der Waals surface area contributed by atoms with E-state index in [1.54, 1.807) is 9.13 Å². The number of hydrogen-bond donors (Lipinski definition) is 2. The minimum absolute atomic E-state index is 0.157. The molecule has 0 aliphatic carbocycles. The number of amides is 1. The number of ether oxygens (including phenoxy) is 2. The molecule has 1 amide bonds. The Bertz CT molecular complexity index is 1770. The molecule has 0 spiro atoms. The molecule has 49 heavy (non-hydrogen) atoms. The highest BCUT2D eigenvalue weighted by Crippen LogP contribution is 2.30. The van der Waals surface area contributed by atoms with Gasteiger partial charge in [-0.1, -0.05) is 55.0 Å². The number of piperidine rings is 1. The maximum Gasteiger partial charge on any atom is 0.334 e. The molecular formula is C38H46N6O5. The highest BCUT2D eigenvalue weighted by Gasteiger charge is 2.31.